The van der Waals surface area contributed by atoms with Gasteiger partial charge in [0, 0.05) is 18.3 Å². The Kier molecular flexibility index (Phi) is 3.17. The standard InChI is InChI=1S/C10H12FN5O/c1-3-12-10-13-5-7(11)9(14-10)17-8-4-6(2)15-16-8/h4-5H,3H2,1-2H3,(H,15,16)(H,12,13,14). The second-order valence-corrected chi connectivity index (χ2v) is 3.37. The minimum atomic E-state index is -0.632. The number of hydrogen-bond donors (Lipinski definition) is 2. The third kappa shape index (κ3) is 2.68. The van der Waals surface area contributed by atoms with E-state index in [1.165, 1.54) is 0 Å². The Morgan fingerprint density at radius 1 is 1.53 bits per heavy atom. The summed E-state index contributed by atoms with van der Waals surface area (Å²) < 4.78 is 18.6. The zero-order valence-corrected chi connectivity index (χ0v) is 9.49. The van der Waals surface area contributed by atoms with Crippen molar-refractivity contribution in [2.75, 3.05) is 11.9 Å². The SMILES string of the molecule is CCNc1ncc(F)c(Oc2cc(C)[nH]n2)n1. The normalized spacial score (nSPS) is 10.3. The molecule has 7 heteroatoms. The van der Waals surface area contributed by atoms with Crippen molar-refractivity contribution in [1.82, 2.24) is 20.2 Å². The molecule has 0 aliphatic heterocycles. The minimum absolute atomic E-state index is 0.151. The lowest BCUT2D eigenvalue weighted by atomic mass is 10.5. The fourth-order valence-corrected chi connectivity index (χ4v) is 1.21. The van der Waals surface area contributed by atoms with Crippen molar-refractivity contribution >= 4 is 5.95 Å². The van der Waals surface area contributed by atoms with Crippen LogP contribution in [0.15, 0.2) is 12.3 Å². The molecule has 17 heavy (non-hydrogen) atoms. The van der Waals surface area contributed by atoms with E-state index in [2.05, 4.69) is 25.5 Å². The van der Waals surface area contributed by atoms with E-state index in [1.54, 1.807) is 6.07 Å². The average molecular weight is 237 g/mol. The number of hydrogen-bond acceptors (Lipinski definition) is 5. The fourth-order valence-electron chi connectivity index (χ4n) is 1.21. The van der Waals surface area contributed by atoms with Crippen LogP contribution in [0.1, 0.15) is 12.6 Å². The molecule has 0 fully saturated rings. The number of nitrogens with zero attached hydrogens (tertiary/aromatic N) is 3. The summed E-state index contributed by atoms with van der Waals surface area (Å²) >= 11 is 0. The molecule has 0 aromatic carbocycles. The van der Waals surface area contributed by atoms with Crippen molar-refractivity contribution in [3.63, 3.8) is 0 Å². The first kappa shape index (κ1) is 11.3. The Morgan fingerprint density at radius 3 is 3.00 bits per heavy atom. The van der Waals surface area contributed by atoms with Crippen LogP contribution in [0, 0.1) is 12.7 Å². The highest BCUT2D eigenvalue weighted by molar-refractivity contribution is 5.30. The molecule has 0 amide bonds. The average Bonchev–Trinajstić information content (AvgIpc) is 2.69. The van der Waals surface area contributed by atoms with Crippen LogP contribution in [0.2, 0.25) is 0 Å². The van der Waals surface area contributed by atoms with Crippen LogP contribution in [0.25, 0.3) is 0 Å². The Bertz CT molecular complexity index is 513. The summed E-state index contributed by atoms with van der Waals surface area (Å²) in [4.78, 5) is 7.66. The number of rotatable bonds is 4. The summed E-state index contributed by atoms with van der Waals surface area (Å²) in [5.74, 6) is -0.200. The molecule has 0 radical (unpaired) electrons. The van der Waals surface area contributed by atoms with Gasteiger partial charge < -0.3 is 10.1 Å². The minimum Gasteiger partial charge on any atom is -0.416 e. The van der Waals surface area contributed by atoms with Crippen LogP contribution in [0.4, 0.5) is 10.3 Å². The monoisotopic (exact) mass is 237 g/mol. The second-order valence-electron chi connectivity index (χ2n) is 3.37. The fraction of sp³-hybridized carbons (Fsp3) is 0.300. The van der Waals surface area contributed by atoms with Gasteiger partial charge >= 0.3 is 0 Å². The molecule has 0 atom stereocenters. The molecular formula is C10H12FN5O. The van der Waals surface area contributed by atoms with Gasteiger partial charge in [0.1, 0.15) is 0 Å². The van der Waals surface area contributed by atoms with Crippen molar-refractivity contribution in [2.24, 2.45) is 0 Å². The maximum Gasteiger partial charge on any atom is 0.262 e. The van der Waals surface area contributed by atoms with E-state index < -0.39 is 5.82 Å². The van der Waals surface area contributed by atoms with E-state index in [0.717, 1.165) is 11.9 Å². The predicted octanol–water partition coefficient (Wildman–Crippen LogP) is 1.87. The molecule has 0 unspecified atom stereocenters. The van der Waals surface area contributed by atoms with E-state index in [1.807, 2.05) is 13.8 Å². The largest absolute Gasteiger partial charge is 0.416 e. The first-order chi connectivity index (χ1) is 8.19. The van der Waals surface area contributed by atoms with Crippen LogP contribution in [-0.4, -0.2) is 26.7 Å². The lowest BCUT2D eigenvalue weighted by molar-refractivity contribution is 0.406. The number of ether oxygens (including phenoxy) is 1. The summed E-state index contributed by atoms with van der Waals surface area (Å²) in [5, 5.41) is 9.39. The molecule has 90 valence electrons. The highest BCUT2D eigenvalue weighted by Crippen LogP contribution is 2.21. The third-order valence-corrected chi connectivity index (χ3v) is 1.93. The van der Waals surface area contributed by atoms with Gasteiger partial charge in [0.15, 0.2) is 0 Å². The van der Waals surface area contributed by atoms with Crippen LogP contribution in [0.5, 0.6) is 11.8 Å². The number of H-pyrrole nitrogens is 1. The molecule has 0 saturated heterocycles. The number of anilines is 1. The van der Waals surface area contributed by atoms with E-state index in [-0.39, 0.29) is 11.8 Å². The molecule has 0 aliphatic carbocycles. The van der Waals surface area contributed by atoms with Gasteiger partial charge in [-0.1, -0.05) is 0 Å². The quantitative estimate of drug-likeness (QED) is 0.849. The zero-order chi connectivity index (χ0) is 12.3. The summed E-state index contributed by atoms with van der Waals surface area (Å²) in [7, 11) is 0. The summed E-state index contributed by atoms with van der Waals surface area (Å²) in [5.41, 5.74) is 0.821. The van der Waals surface area contributed by atoms with Gasteiger partial charge in [-0.3, -0.25) is 5.10 Å². The van der Waals surface area contributed by atoms with Crippen molar-refractivity contribution in [1.29, 1.82) is 0 Å². The molecule has 2 aromatic heterocycles. The molecule has 2 N–H and O–H groups in total. The van der Waals surface area contributed by atoms with Crippen molar-refractivity contribution in [3.8, 4) is 11.8 Å². The Balaban J connectivity index is 2.22. The first-order valence-corrected chi connectivity index (χ1v) is 5.15. The first-order valence-electron chi connectivity index (χ1n) is 5.15. The summed E-state index contributed by atoms with van der Waals surface area (Å²) in [6.45, 7) is 4.36. The molecule has 2 heterocycles. The van der Waals surface area contributed by atoms with Crippen molar-refractivity contribution in [3.05, 3.63) is 23.8 Å². The highest BCUT2D eigenvalue weighted by atomic mass is 19.1. The number of nitrogens with one attached hydrogen (secondary N) is 2. The van der Waals surface area contributed by atoms with Crippen LogP contribution in [-0.2, 0) is 0 Å². The lowest BCUT2D eigenvalue weighted by Crippen LogP contribution is -2.04. The lowest BCUT2D eigenvalue weighted by Gasteiger charge is -2.05. The van der Waals surface area contributed by atoms with E-state index in [4.69, 9.17) is 4.74 Å². The smallest absolute Gasteiger partial charge is 0.262 e. The number of halogens is 1. The molecule has 2 aromatic rings. The third-order valence-electron chi connectivity index (χ3n) is 1.93. The van der Waals surface area contributed by atoms with Gasteiger partial charge in [-0.2, -0.15) is 9.37 Å². The van der Waals surface area contributed by atoms with E-state index in [0.29, 0.717) is 12.5 Å². The number of aryl methyl sites for hydroxylation is 1. The molecular weight excluding hydrogens is 225 g/mol. The van der Waals surface area contributed by atoms with E-state index >= 15 is 0 Å². The van der Waals surface area contributed by atoms with Gasteiger partial charge in [-0.05, 0) is 13.8 Å². The second kappa shape index (κ2) is 4.77. The van der Waals surface area contributed by atoms with Crippen molar-refractivity contribution < 1.29 is 9.13 Å². The Morgan fingerprint density at radius 2 is 2.35 bits per heavy atom. The molecule has 6 nitrogen and oxygen atoms in total. The maximum atomic E-state index is 13.4. The molecule has 0 bridgehead atoms. The van der Waals surface area contributed by atoms with Crippen LogP contribution in [0.3, 0.4) is 0 Å². The highest BCUT2D eigenvalue weighted by Gasteiger charge is 2.10. The number of aromatic amines is 1. The predicted molar refractivity (Wildman–Crippen MR) is 59.6 cm³/mol. The summed E-state index contributed by atoms with van der Waals surface area (Å²) in [6.07, 6.45) is 1.06. The Labute approximate surface area is 97.2 Å². The Hall–Kier alpha value is -2.18. The van der Waals surface area contributed by atoms with Gasteiger partial charge in [0.05, 0.1) is 6.20 Å². The van der Waals surface area contributed by atoms with Gasteiger partial charge in [-0.25, -0.2) is 4.98 Å². The van der Waals surface area contributed by atoms with Gasteiger partial charge in [0.25, 0.3) is 5.88 Å². The summed E-state index contributed by atoms with van der Waals surface area (Å²) in [6, 6.07) is 1.65. The van der Waals surface area contributed by atoms with E-state index in [9.17, 15) is 4.39 Å². The molecule has 0 spiro atoms. The number of aromatic nitrogens is 4. The van der Waals surface area contributed by atoms with Crippen molar-refractivity contribution in [2.45, 2.75) is 13.8 Å². The van der Waals surface area contributed by atoms with Gasteiger partial charge in [-0.15, -0.1) is 5.10 Å². The topological polar surface area (TPSA) is 75.7 Å². The van der Waals surface area contributed by atoms with Gasteiger partial charge in [0.2, 0.25) is 17.6 Å². The maximum absolute atomic E-state index is 13.4. The zero-order valence-electron chi connectivity index (χ0n) is 9.49. The molecule has 0 saturated carbocycles. The molecule has 2 rings (SSSR count). The van der Waals surface area contributed by atoms with Crippen LogP contribution >= 0.6 is 0 Å². The van der Waals surface area contributed by atoms with Crippen LogP contribution < -0.4 is 10.1 Å². The molecule has 0 aliphatic rings.